The Morgan fingerprint density at radius 1 is 1.32 bits per heavy atom. The van der Waals surface area contributed by atoms with Gasteiger partial charge in [-0.2, -0.15) is 5.10 Å². The Morgan fingerprint density at radius 3 is 2.84 bits per heavy atom. The second kappa shape index (κ2) is 6.82. The number of benzene rings is 1. The Kier molecular flexibility index (Phi) is 5.10. The maximum absolute atomic E-state index is 6.23. The van der Waals surface area contributed by atoms with Gasteiger partial charge in [0, 0.05) is 23.5 Å². The fourth-order valence-corrected chi connectivity index (χ4v) is 2.54. The Balaban J connectivity index is 1.99. The van der Waals surface area contributed by atoms with E-state index in [2.05, 4.69) is 39.0 Å². The number of hydrogen-bond acceptors (Lipinski definition) is 3. The summed E-state index contributed by atoms with van der Waals surface area (Å²) in [5.41, 5.74) is 7.46. The van der Waals surface area contributed by atoms with Gasteiger partial charge in [0.2, 0.25) is 0 Å². The fraction of sp³-hybridized carbons (Fsp3) is 0.429. The summed E-state index contributed by atoms with van der Waals surface area (Å²) >= 11 is 3.55. The summed E-state index contributed by atoms with van der Waals surface area (Å²) in [5, 5.41) is 4.22. The number of halogens is 1. The minimum absolute atomic E-state index is 0.0542. The molecule has 1 aromatic carbocycles. The van der Waals surface area contributed by atoms with Gasteiger partial charge in [-0.3, -0.25) is 4.68 Å². The van der Waals surface area contributed by atoms with Crippen molar-refractivity contribution in [1.82, 2.24) is 14.8 Å². The van der Waals surface area contributed by atoms with Crippen molar-refractivity contribution in [3.63, 3.8) is 0 Å². The van der Waals surface area contributed by atoms with E-state index in [4.69, 9.17) is 5.73 Å². The summed E-state index contributed by atoms with van der Waals surface area (Å²) in [6.45, 7) is 3.03. The van der Waals surface area contributed by atoms with Crippen molar-refractivity contribution < 1.29 is 0 Å². The third-order valence-electron chi connectivity index (χ3n) is 3.02. The van der Waals surface area contributed by atoms with Crippen LogP contribution in [0, 0.1) is 0 Å². The first-order chi connectivity index (χ1) is 9.20. The molecule has 2 N–H and O–H groups in total. The van der Waals surface area contributed by atoms with Gasteiger partial charge < -0.3 is 5.73 Å². The second-order valence-electron chi connectivity index (χ2n) is 4.66. The second-order valence-corrected chi connectivity index (χ2v) is 5.51. The third kappa shape index (κ3) is 3.88. The van der Waals surface area contributed by atoms with Crippen molar-refractivity contribution in [3.05, 3.63) is 46.5 Å². The standard InChI is InChI=1S/C14H19BrN4/c1-2-7-19-14(17-10-18-19)9-12(16)8-11-5-3-4-6-13(11)15/h3-6,10,12H,2,7-9,16H2,1H3. The van der Waals surface area contributed by atoms with Crippen LogP contribution >= 0.6 is 15.9 Å². The highest BCUT2D eigenvalue weighted by atomic mass is 79.9. The van der Waals surface area contributed by atoms with Gasteiger partial charge in [0.05, 0.1) is 0 Å². The number of aryl methyl sites for hydroxylation is 1. The van der Waals surface area contributed by atoms with Crippen LogP contribution in [-0.4, -0.2) is 20.8 Å². The Bertz CT molecular complexity index is 524. The molecule has 0 bridgehead atoms. The molecular formula is C14H19BrN4. The van der Waals surface area contributed by atoms with E-state index in [9.17, 15) is 0 Å². The van der Waals surface area contributed by atoms with Gasteiger partial charge in [-0.15, -0.1) is 0 Å². The smallest absolute Gasteiger partial charge is 0.138 e. The molecule has 0 radical (unpaired) electrons. The number of nitrogens with zero attached hydrogens (tertiary/aromatic N) is 3. The van der Waals surface area contributed by atoms with E-state index in [0.29, 0.717) is 0 Å². The minimum atomic E-state index is 0.0542. The summed E-state index contributed by atoms with van der Waals surface area (Å²) in [4.78, 5) is 4.30. The summed E-state index contributed by atoms with van der Waals surface area (Å²) < 4.78 is 3.06. The van der Waals surface area contributed by atoms with E-state index in [0.717, 1.165) is 36.1 Å². The molecule has 2 aromatic rings. The normalized spacial score (nSPS) is 12.6. The molecule has 2 rings (SSSR count). The third-order valence-corrected chi connectivity index (χ3v) is 3.79. The van der Waals surface area contributed by atoms with Crippen molar-refractivity contribution in [1.29, 1.82) is 0 Å². The van der Waals surface area contributed by atoms with Crippen molar-refractivity contribution in [2.45, 2.75) is 38.8 Å². The Morgan fingerprint density at radius 2 is 2.11 bits per heavy atom. The molecule has 0 amide bonds. The summed E-state index contributed by atoms with van der Waals surface area (Å²) in [6, 6.07) is 8.24. The maximum Gasteiger partial charge on any atom is 0.138 e. The number of hydrogen-bond donors (Lipinski definition) is 1. The lowest BCUT2D eigenvalue weighted by Gasteiger charge is -2.13. The lowest BCUT2D eigenvalue weighted by molar-refractivity contribution is 0.540. The molecule has 0 aliphatic carbocycles. The van der Waals surface area contributed by atoms with Gasteiger partial charge in [0.25, 0.3) is 0 Å². The molecule has 4 nitrogen and oxygen atoms in total. The van der Waals surface area contributed by atoms with E-state index in [1.54, 1.807) is 6.33 Å². The monoisotopic (exact) mass is 322 g/mol. The SMILES string of the molecule is CCCn1ncnc1CC(N)Cc1ccccc1Br. The van der Waals surface area contributed by atoms with Gasteiger partial charge >= 0.3 is 0 Å². The summed E-state index contributed by atoms with van der Waals surface area (Å²) in [5.74, 6) is 0.974. The average Bonchev–Trinajstić information content (AvgIpc) is 2.80. The van der Waals surface area contributed by atoms with Gasteiger partial charge in [-0.25, -0.2) is 4.98 Å². The molecule has 1 unspecified atom stereocenters. The van der Waals surface area contributed by atoms with E-state index < -0.39 is 0 Å². The zero-order valence-electron chi connectivity index (χ0n) is 11.1. The van der Waals surface area contributed by atoms with Crippen LogP contribution in [0.25, 0.3) is 0 Å². The molecule has 1 heterocycles. The van der Waals surface area contributed by atoms with Crippen LogP contribution < -0.4 is 5.73 Å². The number of nitrogens with two attached hydrogens (primary N) is 1. The highest BCUT2D eigenvalue weighted by Gasteiger charge is 2.11. The molecule has 1 atom stereocenters. The first kappa shape index (κ1) is 14.2. The molecule has 19 heavy (non-hydrogen) atoms. The van der Waals surface area contributed by atoms with E-state index in [-0.39, 0.29) is 6.04 Å². The van der Waals surface area contributed by atoms with Crippen LogP contribution in [0.15, 0.2) is 35.1 Å². The molecule has 102 valence electrons. The van der Waals surface area contributed by atoms with Gasteiger partial charge in [-0.1, -0.05) is 41.1 Å². The highest BCUT2D eigenvalue weighted by Crippen LogP contribution is 2.17. The lowest BCUT2D eigenvalue weighted by atomic mass is 10.0. The zero-order valence-corrected chi connectivity index (χ0v) is 12.7. The molecule has 0 spiro atoms. The van der Waals surface area contributed by atoms with E-state index in [1.807, 2.05) is 22.9 Å². The van der Waals surface area contributed by atoms with Crippen LogP contribution in [0.5, 0.6) is 0 Å². The van der Waals surface area contributed by atoms with Gasteiger partial charge in [-0.05, 0) is 24.5 Å². The quantitative estimate of drug-likeness (QED) is 0.889. The fourth-order valence-electron chi connectivity index (χ4n) is 2.10. The topological polar surface area (TPSA) is 56.7 Å². The van der Waals surface area contributed by atoms with Crippen molar-refractivity contribution in [2.75, 3.05) is 0 Å². The van der Waals surface area contributed by atoms with Crippen molar-refractivity contribution in [2.24, 2.45) is 5.73 Å². The molecule has 5 heteroatoms. The van der Waals surface area contributed by atoms with Crippen LogP contribution in [0.2, 0.25) is 0 Å². The molecule has 0 aliphatic heterocycles. The number of rotatable bonds is 6. The molecule has 0 saturated carbocycles. The van der Waals surface area contributed by atoms with Crippen molar-refractivity contribution in [3.8, 4) is 0 Å². The molecule has 0 aliphatic rings. The predicted octanol–water partition coefficient (Wildman–Crippen LogP) is 2.56. The summed E-state index contributed by atoms with van der Waals surface area (Å²) in [7, 11) is 0. The maximum atomic E-state index is 6.23. The minimum Gasteiger partial charge on any atom is -0.327 e. The number of aromatic nitrogens is 3. The lowest BCUT2D eigenvalue weighted by Crippen LogP contribution is -2.27. The van der Waals surface area contributed by atoms with Crippen LogP contribution in [0.1, 0.15) is 24.7 Å². The zero-order chi connectivity index (χ0) is 13.7. The Labute approximate surface area is 122 Å². The van der Waals surface area contributed by atoms with Crippen LogP contribution in [-0.2, 0) is 19.4 Å². The summed E-state index contributed by atoms with van der Waals surface area (Å²) in [6.07, 6.45) is 4.24. The largest absolute Gasteiger partial charge is 0.327 e. The molecule has 0 saturated heterocycles. The molecular weight excluding hydrogens is 304 g/mol. The molecule has 0 fully saturated rings. The Hall–Kier alpha value is -1.20. The predicted molar refractivity (Wildman–Crippen MR) is 79.8 cm³/mol. The van der Waals surface area contributed by atoms with Crippen molar-refractivity contribution >= 4 is 15.9 Å². The first-order valence-corrected chi connectivity index (χ1v) is 7.35. The van der Waals surface area contributed by atoms with E-state index in [1.165, 1.54) is 5.56 Å². The average molecular weight is 323 g/mol. The van der Waals surface area contributed by atoms with Crippen LogP contribution in [0.3, 0.4) is 0 Å². The molecule has 1 aromatic heterocycles. The van der Waals surface area contributed by atoms with Crippen LogP contribution in [0.4, 0.5) is 0 Å². The highest BCUT2D eigenvalue weighted by molar-refractivity contribution is 9.10. The van der Waals surface area contributed by atoms with Gasteiger partial charge in [0.15, 0.2) is 0 Å². The van der Waals surface area contributed by atoms with E-state index >= 15 is 0 Å². The van der Waals surface area contributed by atoms with Gasteiger partial charge in [0.1, 0.15) is 12.2 Å². The first-order valence-electron chi connectivity index (χ1n) is 6.56.